The van der Waals surface area contributed by atoms with Crippen molar-refractivity contribution in [3.63, 3.8) is 0 Å². The van der Waals surface area contributed by atoms with E-state index in [2.05, 4.69) is 5.10 Å². The van der Waals surface area contributed by atoms with Crippen LogP contribution < -0.4 is 5.69 Å². The van der Waals surface area contributed by atoms with Gasteiger partial charge in [0, 0.05) is 19.0 Å². The summed E-state index contributed by atoms with van der Waals surface area (Å²) in [5.74, 6) is 0.988. The molecular weight excluding hydrogens is 230 g/mol. The molecule has 3 rings (SSSR count). The summed E-state index contributed by atoms with van der Waals surface area (Å²) in [6.07, 6.45) is 2.95. The highest BCUT2D eigenvalue weighted by molar-refractivity contribution is 5.44. The molecular formula is C13H15N3O2. The van der Waals surface area contributed by atoms with E-state index in [1.807, 2.05) is 6.92 Å². The van der Waals surface area contributed by atoms with Crippen LogP contribution in [-0.2, 0) is 13.0 Å². The van der Waals surface area contributed by atoms with E-state index in [1.54, 1.807) is 22.8 Å². The third-order valence-corrected chi connectivity index (χ3v) is 3.39. The molecule has 0 spiro atoms. The van der Waals surface area contributed by atoms with Crippen molar-refractivity contribution in [3.05, 3.63) is 40.1 Å². The molecule has 5 heteroatoms. The Morgan fingerprint density at radius 3 is 2.94 bits per heavy atom. The van der Waals surface area contributed by atoms with Crippen molar-refractivity contribution < 1.29 is 5.11 Å². The number of aromatic hydroxyl groups is 1. The molecule has 0 atom stereocenters. The summed E-state index contributed by atoms with van der Waals surface area (Å²) >= 11 is 0. The molecule has 0 aliphatic carbocycles. The summed E-state index contributed by atoms with van der Waals surface area (Å²) in [5.41, 5.74) is 1.46. The zero-order chi connectivity index (χ0) is 12.7. The molecule has 2 heterocycles. The van der Waals surface area contributed by atoms with E-state index in [9.17, 15) is 9.90 Å². The van der Waals surface area contributed by atoms with Crippen LogP contribution in [-0.4, -0.2) is 19.5 Å². The SMILES string of the molecule is Cc1ccc(O)cc1-n1nc2n(c1=O)CCCC2. The highest BCUT2D eigenvalue weighted by Crippen LogP contribution is 2.19. The van der Waals surface area contributed by atoms with Crippen LogP contribution in [0.15, 0.2) is 23.0 Å². The van der Waals surface area contributed by atoms with Crippen molar-refractivity contribution in [1.82, 2.24) is 14.3 Å². The van der Waals surface area contributed by atoms with E-state index >= 15 is 0 Å². The lowest BCUT2D eigenvalue weighted by Crippen LogP contribution is -2.26. The summed E-state index contributed by atoms with van der Waals surface area (Å²) < 4.78 is 3.13. The lowest BCUT2D eigenvalue weighted by Gasteiger charge is -2.09. The topological polar surface area (TPSA) is 60.0 Å². The van der Waals surface area contributed by atoms with E-state index in [4.69, 9.17) is 0 Å². The van der Waals surface area contributed by atoms with Gasteiger partial charge >= 0.3 is 5.69 Å². The fourth-order valence-electron chi connectivity index (χ4n) is 2.38. The Morgan fingerprint density at radius 1 is 1.33 bits per heavy atom. The largest absolute Gasteiger partial charge is 0.508 e. The minimum absolute atomic E-state index is 0.113. The molecule has 5 nitrogen and oxygen atoms in total. The van der Waals surface area contributed by atoms with E-state index in [-0.39, 0.29) is 11.4 Å². The van der Waals surface area contributed by atoms with E-state index in [0.717, 1.165) is 37.2 Å². The molecule has 0 fully saturated rings. The molecule has 0 amide bonds. The molecule has 0 unspecified atom stereocenters. The van der Waals surface area contributed by atoms with Gasteiger partial charge in [-0.2, -0.15) is 4.68 Å². The number of aryl methyl sites for hydroxylation is 2. The minimum atomic E-state index is -0.113. The smallest absolute Gasteiger partial charge is 0.350 e. The second-order valence-electron chi connectivity index (χ2n) is 4.69. The molecule has 1 N–H and O–H groups in total. The predicted octanol–water partition coefficient (Wildman–Crippen LogP) is 1.38. The van der Waals surface area contributed by atoms with Gasteiger partial charge < -0.3 is 5.11 Å². The van der Waals surface area contributed by atoms with Gasteiger partial charge in [0.1, 0.15) is 11.6 Å². The van der Waals surface area contributed by atoms with Crippen LogP contribution in [0.25, 0.3) is 5.69 Å². The Balaban J connectivity index is 2.20. The number of aromatic nitrogens is 3. The first-order chi connectivity index (χ1) is 8.66. The Kier molecular flexibility index (Phi) is 2.47. The van der Waals surface area contributed by atoms with Crippen molar-refractivity contribution in [2.75, 3.05) is 0 Å². The average molecular weight is 245 g/mol. The molecule has 1 aliphatic rings. The van der Waals surface area contributed by atoms with Gasteiger partial charge in [-0.05, 0) is 31.4 Å². The van der Waals surface area contributed by atoms with Crippen LogP contribution in [0.5, 0.6) is 5.75 Å². The van der Waals surface area contributed by atoms with Crippen LogP contribution in [0, 0.1) is 6.92 Å². The third-order valence-electron chi connectivity index (χ3n) is 3.39. The van der Waals surface area contributed by atoms with Crippen LogP contribution in [0.1, 0.15) is 24.2 Å². The summed E-state index contributed by atoms with van der Waals surface area (Å²) in [6, 6.07) is 4.98. The first-order valence-corrected chi connectivity index (χ1v) is 6.15. The maximum Gasteiger partial charge on any atom is 0.350 e. The molecule has 0 saturated heterocycles. The Morgan fingerprint density at radius 2 is 2.17 bits per heavy atom. The number of rotatable bonds is 1. The summed E-state index contributed by atoms with van der Waals surface area (Å²) in [4.78, 5) is 12.3. The van der Waals surface area contributed by atoms with E-state index in [1.165, 1.54) is 4.68 Å². The summed E-state index contributed by atoms with van der Waals surface area (Å²) in [6.45, 7) is 2.64. The lowest BCUT2D eigenvalue weighted by atomic mass is 10.2. The van der Waals surface area contributed by atoms with Crippen LogP contribution in [0.3, 0.4) is 0 Å². The van der Waals surface area contributed by atoms with Gasteiger partial charge in [0.25, 0.3) is 0 Å². The van der Waals surface area contributed by atoms with Crippen molar-refractivity contribution >= 4 is 0 Å². The van der Waals surface area contributed by atoms with Crippen LogP contribution >= 0.6 is 0 Å². The van der Waals surface area contributed by atoms with Gasteiger partial charge in [0.05, 0.1) is 5.69 Å². The molecule has 94 valence electrons. The maximum atomic E-state index is 12.3. The standard InChI is InChI=1S/C13H15N3O2/c1-9-5-6-10(17)8-11(9)16-13(18)15-7-3-2-4-12(15)14-16/h5-6,8,17H,2-4,7H2,1H3. The van der Waals surface area contributed by atoms with Crippen molar-refractivity contribution in [2.45, 2.75) is 32.7 Å². The van der Waals surface area contributed by atoms with Crippen molar-refractivity contribution in [1.29, 1.82) is 0 Å². The Labute approximate surface area is 104 Å². The Hall–Kier alpha value is -2.04. The normalized spacial score (nSPS) is 14.5. The third kappa shape index (κ3) is 1.63. The molecule has 0 saturated carbocycles. The first-order valence-electron chi connectivity index (χ1n) is 6.15. The highest BCUT2D eigenvalue weighted by atomic mass is 16.3. The molecule has 0 bridgehead atoms. The number of phenolic OH excluding ortho intramolecular Hbond substituents is 1. The molecule has 18 heavy (non-hydrogen) atoms. The highest BCUT2D eigenvalue weighted by Gasteiger charge is 2.18. The number of hydrogen-bond acceptors (Lipinski definition) is 3. The molecule has 2 aromatic rings. The van der Waals surface area contributed by atoms with E-state index in [0.29, 0.717) is 5.69 Å². The monoisotopic (exact) mass is 245 g/mol. The molecule has 0 radical (unpaired) electrons. The molecule has 1 aromatic carbocycles. The Bertz CT molecular complexity index is 655. The van der Waals surface area contributed by atoms with Crippen molar-refractivity contribution in [3.8, 4) is 11.4 Å². The summed E-state index contributed by atoms with van der Waals surface area (Å²) in [7, 11) is 0. The number of phenols is 1. The maximum absolute atomic E-state index is 12.3. The quantitative estimate of drug-likeness (QED) is 0.825. The van der Waals surface area contributed by atoms with Gasteiger partial charge in [-0.25, -0.2) is 4.79 Å². The fourth-order valence-corrected chi connectivity index (χ4v) is 2.38. The molecule has 1 aliphatic heterocycles. The second kappa shape index (κ2) is 4.01. The van der Waals surface area contributed by atoms with Gasteiger partial charge in [-0.15, -0.1) is 5.10 Å². The zero-order valence-corrected chi connectivity index (χ0v) is 10.3. The second-order valence-corrected chi connectivity index (χ2v) is 4.69. The van der Waals surface area contributed by atoms with Crippen molar-refractivity contribution in [2.24, 2.45) is 0 Å². The number of fused-ring (bicyclic) bond motifs is 1. The first kappa shape index (κ1) is 11.1. The van der Waals surface area contributed by atoms with E-state index < -0.39 is 0 Å². The van der Waals surface area contributed by atoms with Gasteiger partial charge in [-0.3, -0.25) is 4.57 Å². The predicted molar refractivity (Wildman–Crippen MR) is 67.2 cm³/mol. The lowest BCUT2D eigenvalue weighted by molar-refractivity contribution is 0.474. The number of nitrogens with zero attached hydrogens (tertiary/aromatic N) is 3. The number of benzene rings is 1. The number of hydrogen-bond donors (Lipinski definition) is 1. The molecule has 1 aromatic heterocycles. The zero-order valence-electron chi connectivity index (χ0n) is 10.3. The van der Waals surface area contributed by atoms with Gasteiger partial charge in [0.2, 0.25) is 0 Å². The van der Waals surface area contributed by atoms with Crippen LogP contribution in [0.2, 0.25) is 0 Å². The van der Waals surface area contributed by atoms with Gasteiger partial charge in [0.15, 0.2) is 0 Å². The van der Waals surface area contributed by atoms with Gasteiger partial charge in [-0.1, -0.05) is 6.07 Å². The fraction of sp³-hybridized carbons (Fsp3) is 0.385. The van der Waals surface area contributed by atoms with Crippen LogP contribution in [0.4, 0.5) is 0 Å². The summed E-state index contributed by atoms with van der Waals surface area (Å²) in [5, 5.41) is 13.9. The average Bonchev–Trinajstić information content (AvgIpc) is 2.71. The minimum Gasteiger partial charge on any atom is -0.508 e.